The molecule has 6 nitrogen and oxygen atoms in total. The SMILES string of the molecule is c1ccc2c(CCCc3ccc(Nc4ccnc(CNCCN5CCOCC5)c4)cc3)c[nH]c2c1. The van der Waals surface area contributed by atoms with E-state index >= 15 is 0 Å². The molecule has 0 spiro atoms. The average molecular weight is 470 g/mol. The lowest BCUT2D eigenvalue weighted by atomic mass is 10.0. The van der Waals surface area contributed by atoms with E-state index in [1.165, 1.54) is 22.0 Å². The van der Waals surface area contributed by atoms with E-state index in [0.29, 0.717) is 0 Å². The molecule has 182 valence electrons. The van der Waals surface area contributed by atoms with Crippen LogP contribution in [0.4, 0.5) is 11.4 Å². The first kappa shape index (κ1) is 23.5. The zero-order valence-electron chi connectivity index (χ0n) is 20.3. The Balaban J connectivity index is 1.06. The number of pyridine rings is 1. The van der Waals surface area contributed by atoms with E-state index in [2.05, 4.69) is 86.3 Å². The Labute approximate surface area is 207 Å². The highest BCUT2D eigenvalue weighted by Crippen LogP contribution is 2.21. The second-order valence-corrected chi connectivity index (χ2v) is 9.20. The van der Waals surface area contributed by atoms with Crippen molar-refractivity contribution >= 4 is 22.3 Å². The van der Waals surface area contributed by atoms with E-state index in [0.717, 1.165) is 82.3 Å². The van der Waals surface area contributed by atoms with Crippen molar-refractivity contribution in [1.29, 1.82) is 0 Å². The van der Waals surface area contributed by atoms with Gasteiger partial charge in [0.15, 0.2) is 0 Å². The summed E-state index contributed by atoms with van der Waals surface area (Å²) in [6.45, 7) is 6.54. The number of ether oxygens (including phenoxy) is 1. The van der Waals surface area contributed by atoms with Crippen LogP contribution in [0.3, 0.4) is 0 Å². The number of aryl methyl sites for hydroxylation is 2. The molecule has 35 heavy (non-hydrogen) atoms. The lowest BCUT2D eigenvalue weighted by Gasteiger charge is -2.26. The normalized spacial score (nSPS) is 14.4. The summed E-state index contributed by atoms with van der Waals surface area (Å²) in [5, 5.41) is 8.37. The monoisotopic (exact) mass is 469 g/mol. The largest absolute Gasteiger partial charge is 0.379 e. The van der Waals surface area contributed by atoms with Crippen molar-refractivity contribution in [3.63, 3.8) is 0 Å². The Hall–Kier alpha value is -3.19. The van der Waals surface area contributed by atoms with E-state index in [4.69, 9.17) is 4.74 Å². The number of fused-ring (bicyclic) bond motifs is 1. The number of morpholine rings is 1. The number of rotatable bonds is 11. The van der Waals surface area contributed by atoms with Gasteiger partial charge in [-0.05, 0) is 60.7 Å². The fourth-order valence-electron chi connectivity index (χ4n) is 4.67. The molecule has 2 aromatic heterocycles. The number of anilines is 2. The first-order valence-corrected chi connectivity index (χ1v) is 12.7. The third-order valence-electron chi connectivity index (χ3n) is 6.66. The van der Waals surface area contributed by atoms with Crippen LogP contribution in [-0.2, 0) is 24.1 Å². The smallest absolute Gasteiger partial charge is 0.0594 e. The van der Waals surface area contributed by atoms with Crippen LogP contribution in [0, 0.1) is 0 Å². The summed E-state index contributed by atoms with van der Waals surface area (Å²) in [6, 6.07) is 21.5. The molecule has 0 amide bonds. The summed E-state index contributed by atoms with van der Waals surface area (Å²) < 4.78 is 5.41. The van der Waals surface area contributed by atoms with Crippen molar-refractivity contribution in [2.45, 2.75) is 25.8 Å². The highest BCUT2D eigenvalue weighted by atomic mass is 16.5. The molecule has 0 unspecified atom stereocenters. The van der Waals surface area contributed by atoms with E-state index in [1.807, 2.05) is 12.3 Å². The van der Waals surface area contributed by atoms with Gasteiger partial charge in [0, 0.05) is 67.4 Å². The Morgan fingerprint density at radius 3 is 2.69 bits per heavy atom. The van der Waals surface area contributed by atoms with Gasteiger partial charge in [0.05, 0.1) is 18.9 Å². The van der Waals surface area contributed by atoms with Crippen LogP contribution in [0.5, 0.6) is 0 Å². The summed E-state index contributed by atoms with van der Waals surface area (Å²) in [5.41, 5.74) is 7.21. The van der Waals surface area contributed by atoms with Crippen LogP contribution < -0.4 is 10.6 Å². The van der Waals surface area contributed by atoms with Gasteiger partial charge in [0.25, 0.3) is 0 Å². The fourth-order valence-corrected chi connectivity index (χ4v) is 4.67. The number of aromatic amines is 1. The molecule has 0 radical (unpaired) electrons. The second kappa shape index (κ2) is 12.0. The minimum atomic E-state index is 0.773. The second-order valence-electron chi connectivity index (χ2n) is 9.20. The number of para-hydroxylation sites is 1. The van der Waals surface area contributed by atoms with Gasteiger partial charge < -0.3 is 20.4 Å². The Bertz CT molecular complexity index is 1200. The van der Waals surface area contributed by atoms with Gasteiger partial charge >= 0.3 is 0 Å². The average Bonchev–Trinajstić information content (AvgIpc) is 3.32. The minimum absolute atomic E-state index is 0.773. The molecule has 1 fully saturated rings. The van der Waals surface area contributed by atoms with Crippen LogP contribution in [0.1, 0.15) is 23.2 Å². The third kappa shape index (κ3) is 6.69. The maximum Gasteiger partial charge on any atom is 0.0594 e. The van der Waals surface area contributed by atoms with Crippen molar-refractivity contribution < 1.29 is 4.74 Å². The van der Waals surface area contributed by atoms with Crippen LogP contribution in [0.25, 0.3) is 10.9 Å². The lowest BCUT2D eigenvalue weighted by Crippen LogP contribution is -2.40. The molecule has 5 rings (SSSR count). The molecule has 3 heterocycles. The van der Waals surface area contributed by atoms with Crippen LogP contribution >= 0.6 is 0 Å². The van der Waals surface area contributed by atoms with Gasteiger partial charge in [-0.15, -0.1) is 0 Å². The number of H-pyrrole nitrogens is 1. The molecule has 0 aliphatic carbocycles. The van der Waals surface area contributed by atoms with Crippen LogP contribution in [0.2, 0.25) is 0 Å². The van der Waals surface area contributed by atoms with E-state index in [-0.39, 0.29) is 0 Å². The van der Waals surface area contributed by atoms with Gasteiger partial charge in [0.1, 0.15) is 0 Å². The molecule has 0 bridgehead atoms. The molecular formula is C29H35N5O. The quantitative estimate of drug-likeness (QED) is 0.273. The van der Waals surface area contributed by atoms with Crippen molar-refractivity contribution in [3.8, 4) is 0 Å². The molecular weight excluding hydrogens is 434 g/mol. The standard InChI is InChI=1S/C29H35N5O/c1-2-7-29-28(6-1)24(21-32-29)5-3-4-23-8-10-25(11-9-23)33-26-12-13-31-27(20-26)22-30-14-15-34-16-18-35-19-17-34/h1-2,6-13,20-21,30,32H,3-5,14-19,22H2,(H,31,33). The maximum absolute atomic E-state index is 5.41. The fraction of sp³-hybridized carbons (Fsp3) is 0.345. The zero-order chi connectivity index (χ0) is 23.7. The highest BCUT2D eigenvalue weighted by molar-refractivity contribution is 5.83. The van der Waals surface area contributed by atoms with Crippen LogP contribution in [-0.4, -0.2) is 54.3 Å². The molecule has 0 atom stereocenters. The summed E-state index contributed by atoms with van der Waals surface area (Å²) in [4.78, 5) is 10.3. The number of benzene rings is 2. The maximum atomic E-state index is 5.41. The van der Waals surface area contributed by atoms with E-state index < -0.39 is 0 Å². The number of hydrogen-bond donors (Lipinski definition) is 3. The summed E-state index contributed by atoms with van der Waals surface area (Å²) >= 11 is 0. The molecule has 1 aliphatic rings. The zero-order valence-corrected chi connectivity index (χ0v) is 20.3. The summed E-state index contributed by atoms with van der Waals surface area (Å²) in [7, 11) is 0. The van der Waals surface area contributed by atoms with Gasteiger partial charge in [-0.25, -0.2) is 0 Å². The van der Waals surface area contributed by atoms with Gasteiger partial charge in [-0.2, -0.15) is 0 Å². The topological polar surface area (TPSA) is 65.2 Å². The predicted molar refractivity (Wildman–Crippen MR) is 143 cm³/mol. The molecule has 0 saturated carbocycles. The first-order valence-electron chi connectivity index (χ1n) is 12.7. The molecule has 6 heteroatoms. The Kier molecular flexibility index (Phi) is 8.06. The molecule has 4 aromatic rings. The minimum Gasteiger partial charge on any atom is -0.379 e. The summed E-state index contributed by atoms with van der Waals surface area (Å²) in [5.74, 6) is 0. The number of nitrogens with one attached hydrogen (secondary N) is 3. The molecule has 1 aliphatic heterocycles. The van der Waals surface area contributed by atoms with Gasteiger partial charge in [-0.1, -0.05) is 30.3 Å². The van der Waals surface area contributed by atoms with E-state index in [1.54, 1.807) is 0 Å². The lowest BCUT2D eigenvalue weighted by molar-refractivity contribution is 0.0384. The summed E-state index contributed by atoms with van der Waals surface area (Å²) in [6.07, 6.45) is 7.33. The Morgan fingerprint density at radius 2 is 1.80 bits per heavy atom. The van der Waals surface area contributed by atoms with Gasteiger partial charge in [-0.3, -0.25) is 9.88 Å². The molecule has 1 saturated heterocycles. The van der Waals surface area contributed by atoms with Crippen molar-refractivity contribution in [2.75, 3.05) is 44.7 Å². The highest BCUT2D eigenvalue weighted by Gasteiger charge is 2.09. The van der Waals surface area contributed by atoms with Gasteiger partial charge in [0.2, 0.25) is 0 Å². The van der Waals surface area contributed by atoms with Crippen LogP contribution in [0.15, 0.2) is 73.1 Å². The van der Waals surface area contributed by atoms with E-state index in [9.17, 15) is 0 Å². The molecule has 2 aromatic carbocycles. The third-order valence-corrected chi connectivity index (χ3v) is 6.66. The predicted octanol–water partition coefficient (Wildman–Crippen LogP) is 4.90. The van der Waals surface area contributed by atoms with Crippen molar-refractivity contribution in [2.24, 2.45) is 0 Å². The Morgan fingerprint density at radius 1 is 0.943 bits per heavy atom. The van der Waals surface area contributed by atoms with Crippen molar-refractivity contribution in [1.82, 2.24) is 20.2 Å². The number of hydrogen-bond acceptors (Lipinski definition) is 5. The number of nitrogens with zero attached hydrogens (tertiary/aromatic N) is 2. The first-order chi connectivity index (χ1) is 17.3. The molecule has 3 N–H and O–H groups in total. The van der Waals surface area contributed by atoms with Crippen molar-refractivity contribution in [3.05, 3.63) is 89.9 Å². The number of aromatic nitrogens is 2.